The molecule has 0 radical (unpaired) electrons. The summed E-state index contributed by atoms with van der Waals surface area (Å²) < 4.78 is 3.76. The van der Waals surface area contributed by atoms with E-state index in [2.05, 4.69) is 15.0 Å². The first kappa shape index (κ1) is 13.6. The number of nitrogens with two attached hydrogens (primary N) is 1. The van der Waals surface area contributed by atoms with Crippen LogP contribution in [0.4, 0.5) is 0 Å². The van der Waals surface area contributed by atoms with E-state index >= 15 is 0 Å². The zero-order valence-electron chi connectivity index (χ0n) is 11.0. The fourth-order valence-corrected chi connectivity index (χ4v) is 3.30. The summed E-state index contributed by atoms with van der Waals surface area (Å²) in [5.74, 6) is 8.98. The molecule has 2 N–H and O–H groups in total. The summed E-state index contributed by atoms with van der Waals surface area (Å²) in [6, 6.07) is 3.79. The van der Waals surface area contributed by atoms with Gasteiger partial charge in [0.05, 0.1) is 6.67 Å². The van der Waals surface area contributed by atoms with Gasteiger partial charge in [0, 0.05) is 42.6 Å². The Bertz CT molecular complexity index is 629. The molecular formula is C12H16N6S2. The van der Waals surface area contributed by atoms with E-state index in [1.807, 2.05) is 23.9 Å². The van der Waals surface area contributed by atoms with Gasteiger partial charge in [0.15, 0.2) is 5.82 Å². The van der Waals surface area contributed by atoms with Crippen molar-refractivity contribution in [3.05, 3.63) is 29.3 Å². The van der Waals surface area contributed by atoms with E-state index in [0.717, 1.165) is 30.2 Å². The van der Waals surface area contributed by atoms with Gasteiger partial charge in [-0.05, 0) is 24.4 Å². The van der Waals surface area contributed by atoms with Gasteiger partial charge in [-0.3, -0.25) is 9.88 Å². The highest BCUT2D eigenvalue weighted by molar-refractivity contribution is 7.99. The van der Waals surface area contributed by atoms with Crippen molar-refractivity contribution in [2.45, 2.75) is 6.67 Å². The van der Waals surface area contributed by atoms with Crippen LogP contribution in [0.25, 0.3) is 11.4 Å². The van der Waals surface area contributed by atoms with E-state index in [0.29, 0.717) is 17.3 Å². The van der Waals surface area contributed by atoms with Crippen LogP contribution in [0.3, 0.4) is 0 Å². The van der Waals surface area contributed by atoms with Crippen LogP contribution in [-0.4, -0.2) is 48.9 Å². The van der Waals surface area contributed by atoms with E-state index in [-0.39, 0.29) is 0 Å². The van der Waals surface area contributed by atoms with E-state index in [1.165, 1.54) is 4.68 Å². The quantitative estimate of drug-likeness (QED) is 0.679. The SMILES string of the molecule is Nn1c(-c2cccnc2)nn(CN2CCSCC2)c1=S. The predicted molar refractivity (Wildman–Crippen MR) is 83.3 cm³/mol. The maximum atomic E-state index is 6.02. The molecule has 1 aliphatic heterocycles. The summed E-state index contributed by atoms with van der Waals surface area (Å²) in [6.45, 7) is 2.81. The third-order valence-corrected chi connectivity index (χ3v) is 4.58. The molecule has 1 fully saturated rings. The minimum absolute atomic E-state index is 0.530. The summed E-state index contributed by atoms with van der Waals surface area (Å²) in [5, 5.41) is 4.54. The number of rotatable bonds is 3. The average molecular weight is 308 g/mol. The van der Waals surface area contributed by atoms with Gasteiger partial charge in [-0.25, -0.2) is 9.36 Å². The number of aromatic nitrogens is 4. The molecule has 0 atom stereocenters. The first-order valence-electron chi connectivity index (χ1n) is 6.41. The normalized spacial score (nSPS) is 16.4. The summed E-state index contributed by atoms with van der Waals surface area (Å²) in [4.78, 5) is 6.43. The van der Waals surface area contributed by atoms with Gasteiger partial charge in [-0.1, -0.05) is 0 Å². The van der Waals surface area contributed by atoms with Crippen molar-refractivity contribution in [3.63, 3.8) is 0 Å². The topological polar surface area (TPSA) is 64.9 Å². The van der Waals surface area contributed by atoms with E-state index in [1.54, 1.807) is 17.1 Å². The smallest absolute Gasteiger partial charge is 0.218 e. The van der Waals surface area contributed by atoms with Crippen molar-refractivity contribution in [3.8, 4) is 11.4 Å². The molecule has 106 valence electrons. The minimum atomic E-state index is 0.530. The van der Waals surface area contributed by atoms with Gasteiger partial charge < -0.3 is 5.84 Å². The monoisotopic (exact) mass is 308 g/mol. The first-order chi connectivity index (χ1) is 9.75. The molecule has 3 rings (SSSR count). The number of hydrogen-bond acceptors (Lipinski definition) is 6. The molecule has 0 aliphatic carbocycles. The summed E-state index contributed by atoms with van der Waals surface area (Å²) in [6.07, 6.45) is 3.46. The van der Waals surface area contributed by atoms with Crippen molar-refractivity contribution in [1.29, 1.82) is 0 Å². The van der Waals surface area contributed by atoms with E-state index < -0.39 is 0 Å². The minimum Gasteiger partial charge on any atom is -0.335 e. The van der Waals surface area contributed by atoms with Crippen molar-refractivity contribution >= 4 is 24.0 Å². The van der Waals surface area contributed by atoms with E-state index in [4.69, 9.17) is 18.1 Å². The highest BCUT2D eigenvalue weighted by atomic mass is 32.2. The maximum absolute atomic E-state index is 6.02. The molecule has 0 unspecified atom stereocenters. The highest BCUT2D eigenvalue weighted by Crippen LogP contribution is 2.16. The van der Waals surface area contributed by atoms with E-state index in [9.17, 15) is 0 Å². The van der Waals surface area contributed by atoms with Crippen LogP contribution in [0, 0.1) is 4.77 Å². The van der Waals surface area contributed by atoms with Crippen molar-refractivity contribution < 1.29 is 0 Å². The van der Waals surface area contributed by atoms with Crippen molar-refractivity contribution in [1.82, 2.24) is 24.3 Å². The number of nitrogen functional groups attached to an aromatic ring is 1. The highest BCUT2D eigenvalue weighted by Gasteiger charge is 2.15. The van der Waals surface area contributed by atoms with Crippen LogP contribution in [-0.2, 0) is 6.67 Å². The molecule has 1 aliphatic rings. The summed E-state index contributed by atoms with van der Waals surface area (Å²) in [5.41, 5.74) is 0.869. The second kappa shape index (κ2) is 5.94. The Morgan fingerprint density at radius 2 is 2.15 bits per heavy atom. The summed E-state index contributed by atoms with van der Waals surface area (Å²) >= 11 is 7.35. The van der Waals surface area contributed by atoms with Gasteiger partial charge in [0.25, 0.3) is 0 Å². The number of nitrogens with zero attached hydrogens (tertiary/aromatic N) is 5. The fraction of sp³-hybridized carbons (Fsp3) is 0.417. The van der Waals surface area contributed by atoms with Crippen LogP contribution in [0.2, 0.25) is 0 Å². The first-order valence-corrected chi connectivity index (χ1v) is 7.97. The third-order valence-electron chi connectivity index (χ3n) is 3.23. The number of thioether (sulfide) groups is 1. The molecule has 20 heavy (non-hydrogen) atoms. The lowest BCUT2D eigenvalue weighted by Crippen LogP contribution is -2.34. The number of hydrogen-bond donors (Lipinski definition) is 1. The average Bonchev–Trinajstić information content (AvgIpc) is 2.78. The van der Waals surface area contributed by atoms with Crippen LogP contribution in [0.1, 0.15) is 0 Å². The number of pyridine rings is 1. The van der Waals surface area contributed by atoms with Gasteiger partial charge in [-0.15, -0.1) is 5.10 Å². The van der Waals surface area contributed by atoms with Gasteiger partial charge in [0.1, 0.15) is 0 Å². The molecular weight excluding hydrogens is 292 g/mol. The molecule has 6 nitrogen and oxygen atoms in total. The van der Waals surface area contributed by atoms with Crippen molar-refractivity contribution in [2.75, 3.05) is 30.4 Å². The Morgan fingerprint density at radius 3 is 2.85 bits per heavy atom. The molecule has 8 heteroatoms. The Morgan fingerprint density at radius 1 is 1.35 bits per heavy atom. The molecule has 0 spiro atoms. The molecule has 0 bridgehead atoms. The molecule has 0 saturated carbocycles. The van der Waals surface area contributed by atoms with Crippen LogP contribution in [0.5, 0.6) is 0 Å². The van der Waals surface area contributed by atoms with Crippen LogP contribution >= 0.6 is 24.0 Å². The second-order valence-electron chi connectivity index (χ2n) is 4.59. The lowest BCUT2D eigenvalue weighted by molar-refractivity contribution is 0.226. The van der Waals surface area contributed by atoms with Gasteiger partial charge >= 0.3 is 0 Å². The zero-order valence-corrected chi connectivity index (χ0v) is 12.6. The Kier molecular flexibility index (Phi) is 4.04. The molecule has 1 saturated heterocycles. The Hall–Kier alpha value is -1.38. The molecule has 3 heterocycles. The predicted octanol–water partition coefficient (Wildman–Crippen LogP) is 1.20. The standard InChI is InChI=1S/C12H16N6S2/c13-18-11(10-2-1-3-14-8-10)15-17(12(18)19)9-16-4-6-20-7-5-16/h1-3,8H,4-7,9,13H2. The second-order valence-corrected chi connectivity index (χ2v) is 6.18. The van der Waals surface area contributed by atoms with Crippen molar-refractivity contribution in [2.24, 2.45) is 0 Å². The molecule has 0 amide bonds. The van der Waals surface area contributed by atoms with Gasteiger partial charge in [-0.2, -0.15) is 11.8 Å². The Labute approximate surface area is 126 Å². The third kappa shape index (κ3) is 2.72. The lowest BCUT2D eigenvalue weighted by Gasteiger charge is -2.25. The van der Waals surface area contributed by atoms with Crippen LogP contribution in [0.15, 0.2) is 24.5 Å². The van der Waals surface area contributed by atoms with Crippen LogP contribution < -0.4 is 5.84 Å². The zero-order chi connectivity index (χ0) is 13.9. The maximum Gasteiger partial charge on any atom is 0.218 e. The molecule has 0 aromatic carbocycles. The fourth-order valence-electron chi connectivity index (χ4n) is 2.14. The lowest BCUT2D eigenvalue weighted by atomic mass is 10.3. The molecule has 2 aromatic rings. The van der Waals surface area contributed by atoms with Gasteiger partial charge in [0.2, 0.25) is 4.77 Å². The Balaban J connectivity index is 1.88. The largest absolute Gasteiger partial charge is 0.335 e. The molecule has 2 aromatic heterocycles. The summed E-state index contributed by atoms with van der Waals surface area (Å²) in [7, 11) is 0.